The average molecular weight is 180 g/mol. The summed E-state index contributed by atoms with van der Waals surface area (Å²) in [7, 11) is 0. The molecule has 0 unspecified atom stereocenters. The minimum atomic E-state index is -0.372. The summed E-state index contributed by atoms with van der Waals surface area (Å²) in [4.78, 5) is 27.7. The lowest BCUT2D eigenvalue weighted by Crippen LogP contribution is -2.44. The standard InChI is InChI=1S/C9H12N2O2/c12-8-5-6-10-9(13)11(8)7-3-1-2-4-7/h6-7H,1-5H2. The fourth-order valence-corrected chi connectivity index (χ4v) is 1.99. The van der Waals surface area contributed by atoms with Crippen LogP contribution in [0.25, 0.3) is 0 Å². The second-order valence-electron chi connectivity index (χ2n) is 3.50. The zero-order chi connectivity index (χ0) is 9.26. The molecular formula is C9H12N2O2. The van der Waals surface area contributed by atoms with Gasteiger partial charge in [-0.2, -0.15) is 0 Å². The fraction of sp³-hybridized carbons (Fsp3) is 0.667. The normalized spacial score (nSPS) is 24.5. The molecule has 1 heterocycles. The van der Waals surface area contributed by atoms with Gasteiger partial charge in [0.15, 0.2) is 0 Å². The summed E-state index contributed by atoms with van der Waals surface area (Å²) >= 11 is 0. The third-order valence-electron chi connectivity index (χ3n) is 2.63. The molecule has 4 nitrogen and oxygen atoms in total. The molecule has 70 valence electrons. The van der Waals surface area contributed by atoms with Crippen LogP contribution >= 0.6 is 0 Å². The van der Waals surface area contributed by atoms with Crippen molar-refractivity contribution in [3.8, 4) is 0 Å². The number of hydrogen-bond acceptors (Lipinski definition) is 2. The number of rotatable bonds is 1. The monoisotopic (exact) mass is 180 g/mol. The van der Waals surface area contributed by atoms with Crippen LogP contribution in [0.2, 0.25) is 0 Å². The van der Waals surface area contributed by atoms with Crippen LogP contribution in [0.1, 0.15) is 32.1 Å². The highest BCUT2D eigenvalue weighted by Crippen LogP contribution is 2.25. The lowest BCUT2D eigenvalue weighted by molar-refractivity contribution is -0.128. The summed E-state index contributed by atoms with van der Waals surface area (Å²) in [6.45, 7) is 0. The highest BCUT2D eigenvalue weighted by Gasteiger charge is 2.32. The Bertz CT molecular complexity index is 267. The van der Waals surface area contributed by atoms with Crippen LogP contribution in [-0.4, -0.2) is 29.1 Å². The maximum Gasteiger partial charge on any atom is 0.350 e. The Kier molecular flexibility index (Phi) is 2.12. The predicted octanol–water partition coefficient (Wildman–Crippen LogP) is 1.35. The van der Waals surface area contributed by atoms with Gasteiger partial charge in [-0.15, -0.1) is 0 Å². The third kappa shape index (κ3) is 1.48. The Morgan fingerprint density at radius 2 is 2.00 bits per heavy atom. The van der Waals surface area contributed by atoms with Crippen molar-refractivity contribution in [3.05, 3.63) is 0 Å². The second kappa shape index (κ2) is 3.28. The van der Waals surface area contributed by atoms with E-state index < -0.39 is 0 Å². The Labute approximate surface area is 76.6 Å². The highest BCUT2D eigenvalue weighted by molar-refractivity contribution is 6.07. The summed E-state index contributed by atoms with van der Waals surface area (Å²) in [6, 6.07) is -0.249. The number of aliphatic imine (C=N–C) groups is 1. The molecule has 0 bridgehead atoms. The molecule has 4 heteroatoms. The minimum Gasteiger partial charge on any atom is -0.274 e. The van der Waals surface area contributed by atoms with Crippen LogP contribution in [0.3, 0.4) is 0 Å². The van der Waals surface area contributed by atoms with E-state index in [1.807, 2.05) is 0 Å². The van der Waals surface area contributed by atoms with Crippen molar-refractivity contribution in [1.82, 2.24) is 4.90 Å². The van der Waals surface area contributed by atoms with Crippen molar-refractivity contribution in [2.75, 3.05) is 0 Å². The van der Waals surface area contributed by atoms with Crippen molar-refractivity contribution in [2.24, 2.45) is 4.99 Å². The molecule has 0 spiro atoms. The summed E-state index contributed by atoms with van der Waals surface area (Å²) in [6.07, 6.45) is 5.81. The lowest BCUT2D eigenvalue weighted by Gasteiger charge is -2.26. The van der Waals surface area contributed by atoms with Gasteiger partial charge in [0.1, 0.15) is 0 Å². The van der Waals surface area contributed by atoms with Crippen molar-refractivity contribution in [1.29, 1.82) is 0 Å². The zero-order valence-electron chi connectivity index (χ0n) is 7.40. The van der Waals surface area contributed by atoms with Crippen molar-refractivity contribution < 1.29 is 9.59 Å². The summed E-state index contributed by atoms with van der Waals surface area (Å²) in [5, 5.41) is 0. The summed E-state index contributed by atoms with van der Waals surface area (Å²) in [5.74, 6) is -0.0908. The first kappa shape index (κ1) is 8.41. The molecule has 0 radical (unpaired) electrons. The Hall–Kier alpha value is -1.19. The van der Waals surface area contributed by atoms with Crippen molar-refractivity contribution in [3.63, 3.8) is 0 Å². The number of carbonyl (C=O) groups is 2. The van der Waals surface area contributed by atoms with Gasteiger partial charge in [-0.1, -0.05) is 12.8 Å². The number of carbonyl (C=O) groups excluding carboxylic acids is 2. The van der Waals surface area contributed by atoms with E-state index in [-0.39, 0.29) is 24.4 Å². The van der Waals surface area contributed by atoms with E-state index in [1.54, 1.807) is 0 Å². The van der Waals surface area contributed by atoms with E-state index in [4.69, 9.17) is 0 Å². The first-order valence-corrected chi connectivity index (χ1v) is 4.67. The van der Waals surface area contributed by atoms with Crippen molar-refractivity contribution >= 4 is 18.2 Å². The molecule has 13 heavy (non-hydrogen) atoms. The minimum absolute atomic E-state index is 0.0908. The van der Waals surface area contributed by atoms with Gasteiger partial charge in [0.25, 0.3) is 0 Å². The van der Waals surface area contributed by atoms with Crippen LogP contribution < -0.4 is 0 Å². The molecule has 0 aromatic rings. The molecule has 0 saturated heterocycles. The van der Waals surface area contributed by atoms with E-state index in [2.05, 4.69) is 4.99 Å². The van der Waals surface area contributed by atoms with E-state index in [9.17, 15) is 9.59 Å². The second-order valence-corrected chi connectivity index (χ2v) is 3.50. The topological polar surface area (TPSA) is 49.7 Å². The van der Waals surface area contributed by atoms with Crippen LogP contribution in [0.4, 0.5) is 4.79 Å². The highest BCUT2D eigenvalue weighted by atomic mass is 16.2. The van der Waals surface area contributed by atoms with Gasteiger partial charge < -0.3 is 0 Å². The molecule has 2 rings (SSSR count). The fourth-order valence-electron chi connectivity index (χ4n) is 1.99. The molecule has 0 atom stereocenters. The molecular weight excluding hydrogens is 168 g/mol. The number of nitrogens with zero attached hydrogens (tertiary/aromatic N) is 2. The summed E-state index contributed by atoms with van der Waals surface area (Å²) < 4.78 is 0. The number of hydrogen-bond donors (Lipinski definition) is 0. The molecule has 1 fully saturated rings. The van der Waals surface area contributed by atoms with E-state index >= 15 is 0 Å². The number of amides is 3. The quantitative estimate of drug-likeness (QED) is 0.611. The van der Waals surface area contributed by atoms with Crippen LogP contribution in [-0.2, 0) is 4.79 Å². The van der Waals surface area contributed by atoms with Crippen LogP contribution in [0, 0.1) is 0 Å². The van der Waals surface area contributed by atoms with Gasteiger partial charge in [-0.25, -0.2) is 9.79 Å². The molecule has 1 saturated carbocycles. The zero-order valence-corrected chi connectivity index (χ0v) is 7.40. The maximum atomic E-state index is 11.4. The van der Waals surface area contributed by atoms with Crippen LogP contribution in [0.15, 0.2) is 4.99 Å². The predicted molar refractivity (Wildman–Crippen MR) is 47.6 cm³/mol. The molecule has 0 aromatic carbocycles. The van der Waals surface area contributed by atoms with Gasteiger partial charge in [0, 0.05) is 12.3 Å². The van der Waals surface area contributed by atoms with E-state index in [0.29, 0.717) is 0 Å². The molecule has 0 aromatic heterocycles. The first-order chi connectivity index (χ1) is 6.29. The molecule has 1 aliphatic carbocycles. The number of imide groups is 1. The Morgan fingerprint density at radius 3 is 2.62 bits per heavy atom. The Morgan fingerprint density at radius 1 is 1.31 bits per heavy atom. The average Bonchev–Trinajstić information content (AvgIpc) is 2.57. The molecule has 1 aliphatic heterocycles. The summed E-state index contributed by atoms with van der Waals surface area (Å²) in [5.41, 5.74) is 0. The molecule has 3 amide bonds. The molecule has 0 N–H and O–H groups in total. The van der Waals surface area contributed by atoms with E-state index in [1.165, 1.54) is 11.1 Å². The SMILES string of the molecule is O=C1CC=NC(=O)N1C1CCCC1. The largest absolute Gasteiger partial charge is 0.350 e. The van der Waals surface area contributed by atoms with Gasteiger partial charge in [0.05, 0.1) is 6.42 Å². The maximum absolute atomic E-state index is 11.4. The third-order valence-corrected chi connectivity index (χ3v) is 2.63. The van der Waals surface area contributed by atoms with Gasteiger partial charge in [0.2, 0.25) is 5.91 Å². The van der Waals surface area contributed by atoms with Crippen LogP contribution in [0.5, 0.6) is 0 Å². The van der Waals surface area contributed by atoms with Gasteiger partial charge in [-0.05, 0) is 12.8 Å². The molecule has 2 aliphatic rings. The number of urea groups is 1. The Balaban J connectivity index is 2.15. The smallest absolute Gasteiger partial charge is 0.274 e. The van der Waals surface area contributed by atoms with Crippen molar-refractivity contribution in [2.45, 2.75) is 38.1 Å². The lowest BCUT2D eigenvalue weighted by atomic mass is 10.2. The first-order valence-electron chi connectivity index (χ1n) is 4.67. The van der Waals surface area contributed by atoms with E-state index in [0.717, 1.165) is 25.7 Å². The van der Waals surface area contributed by atoms with Gasteiger partial charge in [-0.3, -0.25) is 9.69 Å². The van der Waals surface area contributed by atoms with Gasteiger partial charge >= 0.3 is 6.03 Å².